The van der Waals surface area contributed by atoms with Gasteiger partial charge in [-0.05, 0) is 87.0 Å². The van der Waals surface area contributed by atoms with Crippen LogP contribution < -0.4 is 10.6 Å². The van der Waals surface area contributed by atoms with Crippen LogP contribution in [-0.4, -0.2) is 17.2 Å². The number of aromatic nitrogens is 1. The number of aliphatic imine (C=N–C) groups is 1. The number of pyridine rings is 1. The largest absolute Gasteiger partial charge is 0.381 e. The molecule has 0 saturated heterocycles. The van der Waals surface area contributed by atoms with E-state index in [1.165, 1.54) is 5.56 Å². The SMILES string of the molecule is C1=CCNC(c2ccc(-c3cc(-c4ccc(-c5ccccn5)cc4)cc(C4N=C(c5ccccc5)C=C(c5ccccc5)N4)c3)cc2)=C1. The Morgan fingerprint density at radius 1 is 0.521 bits per heavy atom. The summed E-state index contributed by atoms with van der Waals surface area (Å²) in [7, 11) is 0. The Morgan fingerprint density at radius 3 is 1.75 bits per heavy atom. The summed E-state index contributed by atoms with van der Waals surface area (Å²) < 4.78 is 0. The fourth-order valence-electron chi connectivity index (χ4n) is 6.25. The zero-order chi connectivity index (χ0) is 32.1. The van der Waals surface area contributed by atoms with Crippen molar-refractivity contribution < 1.29 is 0 Å². The number of rotatable bonds is 7. The van der Waals surface area contributed by atoms with E-state index in [2.05, 4.69) is 155 Å². The smallest absolute Gasteiger partial charge is 0.145 e. The average molecular weight is 619 g/mol. The highest BCUT2D eigenvalue weighted by Crippen LogP contribution is 2.35. The maximum Gasteiger partial charge on any atom is 0.145 e. The number of allylic oxidation sites excluding steroid dienone is 3. The van der Waals surface area contributed by atoms with Gasteiger partial charge in [-0.15, -0.1) is 0 Å². The van der Waals surface area contributed by atoms with Crippen LogP contribution in [0.15, 0.2) is 181 Å². The van der Waals surface area contributed by atoms with Crippen LogP contribution in [0.4, 0.5) is 0 Å². The molecule has 0 aliphatic carbocycles. The summed E-state index contributed by atoms with van der Waals surface area (Å²) in [5, 5.41) is 7.24. The molecule has 2 N–H and O–H groups in total. The molecule has 8 rings (SSSR count). The van der Waals surface area contributed by atoms with E-state index in [9.17, 15) is 0 Å². The summed E-state index contributed by atoms with van der Waals surface area (Å²) in [6, 6.07) is 51.3. The predicted octanol–water partition coefficient (Wildman–Crippen LogP) is 9.72. The van der Waals surface area contributed by atoms with E-state index in [0.29, 0.717) is 0 Å². The lowest BCUT2D eigenvalue weighted by molar-refractivity contribution is 0.664. The Kier molecular flexibility index (Phi) is 8.04. The van der Waals surface area contributed by atoms with Gasteiger partial charge in [-0.1, -0.05) is 127 Å². The van der Waals surface area contributed by atoms with Gasteiger partial charge in [0.15, 0.2) is 0 Å². The van der Waals surface area contributed by atoms with Gasteiger partial charge in [-0.3, -0.25) is 9.98 Å². The highest BCUT2D eigenvalue weighted by molar-refractivity contribution is 6.13. The van der Waals surface area contributed by atoms with Crippen LogP contribution in [-0.2, 0) is 0 Å². The fourth-order valence-corrected chi connectivity index (χ4v) is 6.25. The van der Waals surface area contributed by atoms with Crippen molar-refractivity contribution in [2.24, 2.45) is 4.99 Å². The third-order valence-corrected chi connectivity index (χ3v) is 8.78. The van der Waals surface area contributed by atoms with Crippen molar-refractivity contribution in [3.8, 4) is 33.5 Å². The molecule has 1 atom stereocenters. The third kappa shape index (κ3) is 6.24. The maximum absolute atomic E-state index is 5.30. The normalized spacial score (nSPS) is 15.4. The van der Waals surface area contributed by atoms with E-state index in [4.69, 9.17) is 4.99 Å². The van der Waals surface area contributed by atoms with Gasteiger partial charge in [0.2, 0.25) is 0 Å². The quantitative estimate of drug-likeness (QED) is 0.187. The van der Waals surface area contributed by atoms with E-state index in [-0.39, 0.29) is 6.17 Å². The van der Waals surface area contributed by atoms with Crippen LogP contribution in [0.25, 0.3) is 44.9 Å². The molecular weight excluding hydrogens is 585 g/mol. The molecule has 0 bridgehead atoms. The molecule has 0 amide bonds. The van der Waals surface area contributed by atoms with Crippen molar-refractivity contribution in [3.05, 3.63) is 198 Å². The summed E-state index contributed by atoms with van der Waals surface area (Å²) in [5.74, 6) is 0. The molecular formula is C44H34N4. The van der Waals surface area contributed by atoms with Crippen molar-refractivity contribution in [2.75, 3.05) is 6.54 Å². The molecule has 0 saturated carbocycles. The van der Waals surface area contributed by atoms with Crippen LogP contribution in [0.5, 0.6) is 0 Å². The fraction of sp³-hybridized carbons (Fsp3) is 0.0455. The van der Waals surface area contributed by atoms with Gasteiger partial charge < -0.3 is 10.6 Å². The second-order valence-corrected chi connectivity index (χ2v) is 12.0. The first-order valence-electron chi connectivity index (χ1n) is 16.3. The van der Waals surface area contributed by atoms with E-state index in [1.54, 1.807) is 0 Å². The first-order chi connectivity index (χ1) is 23.8. The van der Waals surface area contributed by atoms with Crippen LogP contribution in [0.3, 0.4) is 0 Å². The Labute approximate surface area is 281 Å². The first kappa shape index (κ1) is 29.2. The van der Waals surface area contributed by atoms with Crippen molar-refractivity contribution in [2.45, 2.75) is 6.17 Å². The van der Waals surface area contributed by atoms with Gasteiger partial charge in [0, 0.05) is 29.7 Å². The number of benzene rings is 5. The lowest BCUT2D eigenvalue weighted by Gasteiger charge is -2.26. The van der Waals surface area contributed by atoms with Crippen molar-refractivity contribution in [1.82, 2.24) is 15.6 Å². The van der Waals surface area contributed by atoms with Gasteiger partial charge in [0.1, 0.15) is 6.17 Å². The predicted molar refractivity (Wildman–Crippen MR) is 199 cm³/mol. The zero-order valence-electron chi connectivity index (χ0n) is 26.4. The Balaban J connectivity index is 1.23. The van der Waals surface area contributed by atoms with Crippen LogP contribution >= 0.6 is 0 Å². The number of dihydropyridines is 1. The topological polar surface area (TPSA) is 49.3 Å². The highest BCUT2D eigenvalue weighted by Gasteiger charge is 2.21. The monoisotopic (exact) mass is 618 g/mol. The number of hydrogen-bond donors (Lipinski definition) is 2. The highest BCUT2D eigenvalue weighted by atomic mass is 15.1. The van der Waals surface area contributed by atoms with Crippen LogP contribution in [0, 0.1) is 0 Å². The lowest BCUT2D eigenvalue weighted by Crippen LogP contribution is -2.25. The van der Waals surface area contributed by atoms with Crippen LogP contribution in [0.1, 0.15) is 28.4 Å². The second-order valence-electron chi connectivity index (χ2n) is 12.0. The standard InChI is InChI=1S/C44H34N4/c1-3-11-33(12-4-1)42-30-43(34-13-5-2-6-14-34)48-44(47-42)39-28-37(31-17-21-35(22-18-31)40-15-7-9-25-45-40)27-38(29-39)32-19-23-36(24-20-32)41-16-8-10-26-46-41/h1-25,27-30,44,46-47H,26H2. The Hall–Kier alpha value is -6.26. The van der Waals surface area contributed by atoms with E-state index < -0.39 is 0 Å². The molecule has 0 radical (unpaired) electrons. The van der Waals surface area contributed by atoms with Gasteiger partial charge in [-0.25, -0.2) is 0 Å². The summed E-state index contributed by atoms with van der Waals surface area (Å²) in [5.41, 5.74) is 14.3. The molecule has 230 valence electrons. The number of nitrogens with one attached hydrogen (secondary N) is 2. The molecule has 2 aliphatic rings. The van der Waals surface area contributed by atoms with E-state index in [1.807, 2.05) is 36.5 Å². The summed E-state index contributed by atoms with van der Waals surface area (Å²) >= 11 is 0. The van der Waals surface area contributed by atoms with Gasteiger partial charge in [0.25, 0.3) is 0 Å². The minimum Gasteiger partial charge on any atom is -0.381 e. The molecule has 4 nitrogen and oxygen atoms in total. The first-order valence-corrected chi connectivity index (χ1v) is 16.3. The number of hydrogen-bond acceptors (Lipinski definition) is 4. The molecule has 0 spiro atoms. The van der Waals surface area contributed by atoms with Gasteiger partial charge in [-0.2, -0.15) is 0 Å². The summed E-state index contributed by atoms with van der Waals surface area (Å²) in [6.07, 6.45) is 10.1. The molecule has 3 heterocycles. The zero-order valence-corrected chi connectivity index (χ0v) is 26.4. The molecule has 2 aliphatic heterocycles. The molecule has 5 aromatic carbocycles. The molecule has 6 aromatic rings. The molecule has 48 heavy (non-hydrogen) atoms. The minimum absolute atomic E-state index is 0.283. The van der Waals surface area contributed by atoms with Gasteiger partial charge in [0.05, 0.1) is 11.4 Å². The van der Waals surface area contributed by atoms with Crippen molar-refractivity contribution >= 4 is 17.1 Å². The molecule has 0 fully saturated rings. The second kappa shape index (κ2) is 13.2. The molecule has 4 heteroatoms. The van der Waals surface area contributed by atoms with E-state index in [0.717, 1.165) is 73.9 Å². The molecule has 1 unspecified atom stereocenters. The van der Waals surface area contributed by atoms with Gasteiger partial charge >= 0.3 is 0 Å². The van der Waals surface area contributed by atoms with E-state index >= 15 is 0 Å². The minimum atomic E-state index is -0.283. The van der Waals surface area contributed by atoms with Crippen LogP contribution in [0.2, 0.25) is 0 Å². The number of nitrogens with zero attached hydrogens (tertiary/aromatic N) is 2. The van der Waals surface area contributed by atoms with Crippen molar-refractivity contribution in [1.29, 1.82) is 0 Å². The Morgan fingerprint density at radius 2 is 1.12 bits per heavy atom. The average Bonchev–Trinajstić information content (AvgIpc) is 3.19. The maximum atomic E-state index is 5.30. The third-order valence-electron chi connectivity index (χ3n) is 8.78. The Bertz CT molecular complexity index is 2160. The summed E-state index contributed by atoms with van der Waals surface area (Å²) in [6.45, 7) is 0.845. The molecule has 1 aromatic heterocycles. The summed E-state index contributed by atoms with van der Waals surface area (Å²) in [4.78, 5) is 9.84. The lowest BCUT2D eigenvalue weighted by atomic mass is 9.93. The van der Waals surface area contributed by atoms with Crippen molar-refractivity contribution in [3.63, 3.8) is 0 Å².